The third kappa shape index (κ3) is 4.75. The first-order valence-electron chi connectivity index (χ1n) is 3.63. The number of benzene rings is 1. The van der Waals surface area contributed by atoms with E-state index in [1.165, 1.54) is 24.3 Å². The Bertz CT molecular complexity index is 431. The molecular formula is C8H6Li2O5S. The van der Waals surface area contributed by atoms with E-state index in [4.69, 9.17) is 0 Å². The Labute approximate surface area is 117 Å². The summed E-state index contributed by atoms with van der Waals surface area (Å²) in [5.74, 6) is -1.91. The SMILES string of the molecule is O=C([O-])C(c1ccccc1)S(=O)(=O)[O-].[Li+].[Li+]. The fraction of sp³-hybridized carbons (Fsp3) is 0.125. The predicted octanol–water partition coefficient (Wildman–Crippen LogP) is -6.97. The van der Waals surface area contributed by atoms with Crippen molar-refractivity contribution in [3.63, 3.8) is 0 Å². The van der Waals surface area contributed by atoms with Crippen molar-refractivity contribution in [1.82, 2.24) is 0 Å². The molecule has 0 saturated carbocycles. The maximum atomic E-state index is 10.6. The number of carbonyl (C=O) groups is 1. The van der Waals surface area contributed by atoms with Crippen molar-refractivity contribution in [2.75, 3.05) is 0 Å². The minimum atomic E-state index is -4.93. The molecule has 1 atom stereocenters. The van der Waals surface area contributed by atoms with Gasteiger partial charge in [-0.2, -0.15) is 0 Å². The Balaban J connectivity index is 0. The molecule has 0 aliphatic heterocycles. The molecule has 0 N–H and O–H groups in total. The molecule has 76 valence electrons. The van der Waals surface area contributed by atoms with Crippen LogP contribution < -0.4 is 42.8 Å². The van der Waals surface area contributed by atoms with E-state index in [0.717, 1.165) is 0 Å². The van der Waals surface area contributed by atoms with Gasteiger partial charge in [-0.25, -0.2) is 8.42 Å². The zero-order valence-corrected chi connectivity index (χ0v) is 9.73. The average molecular weight is 228 g/mol. The fourth-order valence-electron chi connectivity index (χ4n) is 1.05. The van der Waals surface area contributed by atoms with Gasteiger partial charge in [0.1, 0.15) is 15.4 Å². The Kier molecular flexibility index (Phi) is 8.16. The Morgan fingerprint density at radius 2 is 1.56 bits per heavy atom. The molecule has 0 heterocycles. The number of aliphatic carboxylic acids is 1. The van der Waals surface area contributed by atoms with E-state index in [-0.39, 0.29) is 43.3 Å². The molecule has 0 aromatic heterocycles. The van der Waals surface area contributed by atoms with Crippen LogP contribution in [0.3, 0.4) is 0 Å². The fourth-order valence-corrected chi connectivity index (χ4v) is 1.77. The van der Waals surface area contributed by atoms with Gasteiger partial charge in [-0.05, 0) is 5.56 Å². The third-order valence-corrected chi connectivity index (χ3v) is 2.65. The van der Waals surface area contributed by atoms with Gasteiger partial charge in [0.15, 0.2) is 0 Å². The van der Waals surface area contributed by atoms with Gasteiger partial charge in [0, 0.05) is 0 Å². The molecule has 16 heavy (non-hydrogen) atoms. The van der Waals surface area contributed by atoms with E-state index in [2.05, 4.69) is 0 Å². The molecule has 0 spiro atoms. The monoisotopic (exact) mass is 228 g/mol. The summed E-state index contributed by atoms with van der Waals surface area (Å²) in [4.78, 5) is 10.5. The van der Waals surface area contributed by atoms with Crippen molar-refractivity contribution in [3.05, 3.63) is 35.9 Å². The third-order valence-electron chi connectivity index (χ3n) is 1.61. The zero-order chi connectivity index (χ0) is 10.8. The number of hydrogen-bond donors (Lipinski definition) is 0. The van der Waals surface area contributed by atoms with Crippen LogP contribution in [0, 0.1) is 0 Å². The van der Waals surface area contributed by atoms with Crippen molar-refractivity contribution in [1.29, 1.82) is 0 Å². The molecule has 8 heteroatoms. The topological polar surface area (TPSA) is 97.3 Å². The van der Waals surface area contributed by atoms with Crippen LogP contribution in [0.25, 0.3) is 0 Å². The van der Waals surface area contributed by atoms with E-state index in [1.807, 2.05) is 0 Å². The molecule has 1 rings (SSSR count). The summed E-state index contributed by atoms with van der Waals surface area (Å²) in [6.45, 7) is 0. The molecular weight excluding hydrogens is 222 g/mol. The molecule has 1 aromatic rings. The summed E-state index contributed by atoms with van der Waals surface area (Å²) in [6.07, 6.45) is 0. The predicted molar refractivity (Wildman–Crippen MR) is 43.9 cm³/mol. The molecule has 0 radical (unpaired) electrons. The van der Waals surface area contributed by atoms with Crippen molar-refractivity contribution in [2.24, 2.45) is 0 Å². The molecule has 1 aromatic carbocycles. The summed E-state index contributed by atoms with van der Waals surface area (Å²) in [6, 6.07) is 6.95. The Hall–Kier alpha value is -0.205. The molecule has 0 amide bonds. The molecule has 0 aliphatic carbocycles. The van der Waals surface area contributed by atoms with Crippen molar-refractivity contribution in [3.8, 4) is 0 Å². The first kappa shape index (κ1) is 18.2. The maximum absolute atomic E-state index is 10.6. The van der Waals surface area contributed by atoms with Gasteiger partial charge in [0.05, 0.1) is 5.97 Å². The molecule has 0 fully saturated rings. The standard InChI is InChI=1S/C8H8O5S.2Li/c9-8(10)7(14(11,12)13)6-4-2-1-3-5-6;;/h1-5,7H,(H,9,10)(H,11,12,13);;/q;2*+1/p-2. The van der Waals surface area contributed by atoms with Crippen LogP contribution in [0.4, 0.5) is 0 Å². The van der Waals surface area contributed by atoms with Crippen LogP contribution in [0.1, 0.15) is 10.8 Å². The van der Waals surface area contributed by atoms with E-state index < -0.39 is 21.3 Å². The normalized spacial score (nSPS) is 11.8. The minimum Gasteiger partial charge on any atom is -0.747 e. The van der Waals surface area contributed by atoms with Crippen molar-refractivity contribution < 1.29 is 60.6 Å². The van der Waals surface area contributed by atoms with Gasteiger partial charge in [-0.15, -0.1) is 0 Å². The van der Waals surface area contributed by atoms with Crippen LogP contribution in [0.2, 0.25) is 0 Å². The molecule has 1 unspecified atom stereocenters. The number of hydrogen-bond acceptors (Lipinski definition) is 5. The van der Waals surface area contributed by atoms with Gasteiger partial charge in [-0.3, -0.25) is 0 Å². The van der Waals surface area contributed by atoms with Crippen LogP contribution >= 0.6 is 0 Å². The van der Waals surface area contributed by atoms with E-state index >= 15 is 0 Å². The summed E-state index contributed by atoms with van der Waals surface area (Å²) < 4.78 is 31.8. The second-order valence-corrected chi connectivity index (χ2v) is 4.06. The quantitative estimate of drug-likeness (QED) is 0.378. The van der Waals surface area contributed by atoms with E-state index in [1.54, 1.807) is 6.07 Å². The minimum absolute atomic E-state index is 0. The molecule has 5 nitrogen and oxygen atoms in total. The summed E-state index contributed by atoms with van der Waals surface area (Å²) in [7, 11) is -4.93. The Morgan fingerprint density at radius 1 is 1.12 bits per heavy atom. The Morgan fingerprint density at radius 3 is 1.88 bits per heavy atom. The number of carboxylic acid groups (broad SMARTS) is 1. The van der Waals surface area contributed by atoms with Gasteiger partial charge in [-0.1, -0.05) is 30.3 Å². The van der Waals surface area contributed by atoms with E-state index in [9.17, 15) is 22.9 Å². The number of carbonyl (C=O) groups excluding carboxylic acids is 1. The van der Waals surface area contributed by atoms with Crippen LogP contribution in [-0.2, 0) is 14.9 Å². The largest absolute Gasteiger partial charge is 1.00 e. The van der Waals surface area contributed by atoms with Crippen LogP contribution in [0.15, 0.2) is 30.3 Å². The summed E-state index contributed by atoms with van der Waals surface area (Å²) in [5.41, 5.74) is -0.0949. The maximum Gasteiger partial charge on any atom is 1.00 e. The van der Waals surface area contributed by atoms with Gasteiger partial charge >= 0.3 is 37.7 Å². The summed E-state index contributed by atoms with van der Waals surface area (Å²) in [5, 5.41) is 8.32. The van der Waals surface area contributed by atoms with Crippen LogP contribution in [-0.4, -0.2) is 18.9 Å². The number of carboxylic acids is 1. The molecule has 0 saturated heterocycles. The number of rotatable bonds is 3. The van der Waals surface area contributed by atoms with Gasteiger partial charge in [0.2, 0.25) is 0 Å². The molecule has 0 bridgehead atoms. The van der Waals surface area contributed by atoms with Gasteiger partial charge < -0.3 is 14.5 Å². The first-order valence-corrected chi connectivity index (χ1v) is 5.10. The van der Waals surface area contributed by atoms with Crippen LogP contribution in [0.5, 0.6) is 0 Å². The smallest absolute Gasteiger partial charge is 0.747 e. The summed E-state index contributed by atoms with van der Waals surface area (Å²) >= 11 is 0. The zero-order valence-electron chi connectivity index (χ0n) is 8.91. The molecule has 0 aliphatic rings. The first-order chi connectivity index (χ1) is 6.43. The second kappa shape index (κ2) is 7.19. The van der Waals surface area contributed by atoms with Gasteiger partial charge in [0.25, 0.3) is 0 Å². The van der Waals surface area contributed by atoms with E-state index in [0.29, 0.717) is 0 Å². The van der Waals surface area contributed by atoms with Crippen molar-refractivity contribution in [2.45, 2.75) is 5.25 Å². The average Bonchev–Trinajstić information content (AvgIpc) is 2.02. The second-order valence-electron chi connectivity index (χ2n) is 2.60. The van der Waals surface area contributed by atoms with Crippen molar-refractivity contribution >= 4 is 16.1 Å².